The lowest BCUT2D eigenvalue weighted by molar-refractivity contribution is 0.0691. The second-order valence-electron chi connectivity index (χ2n) is 3.64. The first kappa shape index (κ1) is 12.7. The van der Waals surface area contributed by atoms with E-state index in [-0.39, 0.29) is 11.4 Å². The first-order valence-corrected chi connectivity index (χ1v) is 5.69. The molecule has 0 radical (unpaired) electrons. The molecule has 0 bridgehead atoms. The summed E-state index contributed by atoms with van der Waals surface area (Å²) in [4.78, 5) is 11.0. The summed E-state index contributed by atoms with van der Waals surface area (Å²) >= 11 is 12.1. The monoisotopic (exact) mass is 285 g/mol. The maximum atomic E-state index is 11.0. The van der Waals surface area contributed by atoms with E-state index in [2.05, 4.69) is 5.10 Å². The van der Waals surface area contributed by atoms with E-state index in [1.807, 2.05) is 0 Å². The normalized spacial score (nSPS) is 10.6. The van der Waals surface area contributed by atoms with Crippen LogP contribution >= 0.6 is 23.2 Å². The number of hydrogen-bond donors (Lipinski definition) is 2. The van der Waals surface area contributed by atoms with E-state index in [9.17, 15) is 4.79 Å². The van der Waals surface area contributed by atoms with Crippen molar-refractivity contribution in [2.24, 2.45) is 7.05 Å². The molecule has 7 heteroatoms. The van der Waals surface area contributed by atoms with Crippen LogP contribution in [0.1, 0.15) is 10.5 Å². The number of carboxylic acids is 1. The molecule has 1 aromatic carbocycles. The predicted octanol–water partition coefficient (Wildman–Crippen LogP) is 2.67. The van der Waals surface area contributed by atoms with Gasteiger partial charge in [-0.3, -0.25) is 4.68 Å². The first-order valence-electron chi connectivity index (χ1n) is 4.93. The van der Waals surface area contributed by atoms with E-state index in [1.165, 1.54) is 4.68 Å². The third-order valence-electron chi connectivity index (χ3n) is 2.49. The van der Waals surface area contributed by atoms with Crippen LogP contribution in [0.3, 0.4) is 0 Å². The summed E-state index contributed by atoms with van der Waals surface area (Å²) in [6, 6.07) is 4.99. The molecule has 94 valence electrons. The van der Waals surface area contributed by atoms with E-state index < -0.39 is 5.97 Å². The fraction of sp³-hybridized carbons (Fsp3) is 0.0909. The number of aromatic nitrogens is 2. The zero-order chi connectivity index (χ0) is 13.4. The van der Waals surface area contributed by atoms with Crippen molar-refractivity contribution in [2.75, 3.05) is 5.73 Å². The van der Waals surface area contributed by atoms with Gasteiger partial charge in [0.1, 0.15) is 0 Å². The highest BCUT2D eigenvalue weighted by Crippen LogP contribution is 2.38. The minimum absolute atomic E-state index is 0.0417. The fourth-order valence-electron chi connectivity index (χ4n) is 1.72. The van der Waals surface area contributed by atoms with E-state index in [4.69, 9.17) is 34.0 Å². The number of benzene rings is 1. The lowest BCUT2D eigenvalue weighted by atomic mass is 10.1. The Hall–Kier alpha value is -1.72. The SMILES string of the molecule is Cn1nc(C(=O)O)c(N)c1-c1c(Cl)cccc1Cl. The molecule has 0 aliphatic rings. The number of halogens is 2. The maximum absolute atomic E-state index is 11.0. The summed E-state index contributed by atoms with van der Waals surface area (Å²) in [6.07, 6.45) is 0. The van der Waals surface area contributed by atoms with Gasteiger partial charge < -0.3 is 10.8 Å². The molecule has 0 aliphatic carbocycles. The van der Waals surface area contributed by atoms with Crippen LogP contribution in [0.5, 0.6) is 0 Å². The molecule has 0 amide bonds. The summed E-state index contributed by atoms with van der Waals surface area (Å²) in [5.74, 6) is -1.20. The zero-order valence-corrected chi connectivity index (χ0v) is 10.8. The minimum atomic E-state index is -1.20. The highest BCUT2D eigenvalue weighted by Gasteiger charge is 2.22. The number of hydrogen-bond acceptors (Lipinski definition) is 3. The third kappa shape index (κ3) is 1.91. The molecule has 3 N–H and O–H groups in total. The minimum Gasteiger partial charge on any atom is -0.476 e. The highest BCUT2D eigenvalue weighted by atomic mass is 35.5. The van der Waals surface area contributed by atoms with Gasteiger partial charge in [0.05, 0.1) is 21.4 Å². The molecule has 0 atom stereocenters. The smallest absolute Gasteiger partial charge is 0.358 e. The van der Waals surface area contributed by atoms with Gasteiger partial charge in [-0.25, -0.2) is 4.79 Å². The topological polar surface area (TPSA) is 81.1 Å². The van der Waals surface area contributed by atoms with Gasteiger partial charge in [-0.1, -0.05) is 29.3 Å². The van der Waals surface area contributed by atoms with E-state index in [0.29, 0.717) is 21.3 Å². The Morgan fingerprint density at radius 3 is 2.39 bits per heavy atom. The number of anilines is 1. The van der Waals surface area contributed by atoms with Gasteiger partial charge in [0.15, 0.2) is 5.69 Å². The second kappa shape index (κ2) is 4.51. The number of carboxylic acid groups (broad SMARTS) is 1. The Morgan fingerprint density at radius 1 is 1.39 bits per heavy atom. The maximum Gasteiger partial charge on any atom is 0.358 e. The third-order valence-corrected chi connectivity index (χ3v) is 3.12. The van der Waals surface area contributed by atoms with Gasteiger partial charge in [0.25, 0.3) is 0 Å². The molecule has 1 heterocycles. The molecule has 0 fully saturated rings. The van der Waals surface area contributed by atoms with Crippen molar-refractivity contribution in [3.8, 4) is 11.3 Å². The summed E-state index contributed by atoms with van der Waals surface area (Å²) in [6.45, 7) is 0. The Bertz CT molecular complexity index is 617. The fourth-order valence-corrected chi connectivity index (χ4v) is 2.30. The molecule has 2 rings (SSSR count). The number of aromatic carboxylic acids is 1. The highest BCUT2D eigenvalue weighted by molar-refractivity contribution is 6.39. The molecule has 2 aromatic rings. The molecule has 0 aliphatic heterocycles. The van der Waals surface area contributed by atoms with E-state index in [0.717, 1.165) is 0 Å². The summed E-state index contributed by atoms with van der Waals surface area (Å²) in [5, 5.41) is 13.6. The van der Waals surface area contributed by atoms with Gasteiger partial charge in [0, 0.05) is 12.6 Å². The second-order valence-corrected chi connectivity index (χ2v) is 4.45. The van der Waals surface area contributed by atoms with Crippen LogP contribution in [0.25, 0.3) is 11.3 Å². The molecule has 0 saturated heterocycles. The average molecular weight is 286 g/mol. The van der Waals surface area contributed by atoms with E-state index >= 15 is 0 Å². The Labute approximate surface area is 113 Å². The Morgan fingerprint density at radius 2 is 1.94 bits per heavy atom. The van der Waals surface area contributed by atoms with Crippen molar-refractivity contribution in [1.29, 1.82) is 0 Å². The summed E-state index contributed by atoms with van der Waals surface area (Å²) in [7, 11) is 1.58. The van der Waals surface area contributed by atoms with Crippen molar-refractivity contribution in [1.82, 2.24) is 9.78 Å². The van der Waals surface area contributed by atoms with Crippen molar-refractivity contribution in [2.45, 2.75) is 0 Å². The van der Waals surface area contributed by atoms with Gasteiger partial charge >= 0.3 is 5.97 Å². The molecule has 0 saturated carbocycles. The predicted molar refractivity (Wildman–Crippen MR) is 70.0 cm³/mol. The molecule has 5 nitrogen and oxygen atoms in total. The average Bonchev–Trinajstić information content (AvgIpc) is 2.56. The van der Waals surface area contributed by atoms with Crippen molar-refractivity contribution < 1.29 is 9.90 Å². The molecule has 1 aromatic heterocycles. The molecular formula is C11H9Cl2N3O2. The number of nitrogens with zero attached hydrogens (tertiary/aromatic N) is 2. The summed E-state index contributed by atoms with van der Waals surface area (Å²) < 4.78 is 1.35. The quantitative estimate of drug-likeness (QED) is 0.889. The van der Waals surface area contributed by atoms with Crippen molar-refractivity contribution in [3.05, 3.63) is 33.9 Å². The van der Waals surface area contributed by atoms with Crippen LogP contribution in [0, 0.1) is 0 Å². The van der Waals surface area contributed by atoms with Gasteiger partial charge in [-0.2, -0.15) is 5.10 Å². The standard InChI is InChI=1S/C11H9Cl2N3O2/c1-16-10(8(14)9(15-16)11(17)18)7-5(12)3-2-4-6(7)13/h2-4H,14H2,1H3,(H,17,18). The molecular weight excluding hydrogens is 277 g/mol. The Balaban J connectivity index is 2.76. The van der Waals surface area contributed by atoms with E-state index in [1.54, 1.807) is 25.2 Å². The number of carbonyl (C=O) groups is 1. The largest absolute Gasteiger partial charge is 0.476 e. The Kier molecular flexibility index (Phi) is 3.19. The summed E-state index contributed by atoms with van der Waals surface area (Å²) in [5.41, 5.74) is 6.48. The van der Waals surface area contributed by atoms with Crippen LogP contribution in [-0.2, 0) is 7.05 Å². The number of rotatable bonds is 2. The van der Waals surface area contributed by atoms with Crippen LogP contribution in [-0.4, -0.2) is 20.9 Å². The molecule has 0 spiro atoms. The lowest BCUT2D eigenvalue weighted by Crippen LogP contribution is -2.01. The lowest BCUT2D eigenvalue weighted by Gasteiger charge is -2.08. The van der Waals surface area contributed by atoms with Gasteiger partial charge in [-0.15, -0.1) is 0 Å². The van der Waals surface area contributed by atoms with Crippen molar-refractivity contribution >= 4 is 34.9 Å². The van der Waals surface area contributed by atoms with Gasteiger partial charge in [-0.05, 0) is 12.1 Å². The molecule has 0 unspecified atom stereocenters. The van der Waals surface area contributed by atoms with Gasteiger partial charge in [0.2, 0.25) is 0 Å². The van der Waals surface area contributed by atoms with Crippen molar-refractivity contribution in [3.63, 3.8) is 0 Å². The number of nitrogens with two attached hydrogens (primary N) is 1. The van der Waals surface area contributed by atoms with Crippen LogP contribution in [0.2, 0.25) is 10.0 Å². The number of aryl methyl sites for hydroxylation is 1. The van der Waals surface area contributed by atoms with Crippen LogP contribution in [0.4, 0.5) is 5.69 Å². The van der Waals surface area contributed by atoms with Crippen LogP contribution < -0.4 is 5.73 Å². The molecule has 18 heavy (non-hydrogen) atoms. The zero-order valence-electron chi connectivity index (χ0n) is 9.32. The first-order chi connectivity index (χ1) is 8.43. The number of nitrogen functional groups attached to an aromatic ring is 1. The van der Waals surface area contributed by atoms with Crippen LogP contribution in [0.15, 0.2) is 18.2 Å².